The third-order valence-electron chi connectivity index (χ3n) is 8.58. The summed E-state index contributed by atoms with van der Waals surface area (Å²) in [5, 5.41) is 6.98. The fourth-order valence-corrected chi connectivity index (χ4v) is 6.46. The molecule has 0 bridgehead atoms. The molecule has 41 heavy (non-hydrogen) atoms. The molecule has 3 amide bonds. The molecule has 0 radical (unpaired) electrons. The fraction of sp³-hybridized carbons (Fsp3) is 0.344. The van der Waals surface area contributed by atoms with Crippen molar-refractivity contribution in [2.24, 2.45) is 11.7 Å². The Morgan fingerprint density at radius 3 is 2.17 bits per heavy atom. The Morgan fingerprint density at radius 1 is 0.878 bits per heavy atom. The monoisotopic (exact) mass is 592 g/mol. The van der Waals surface area contributed by atoms with Crippen molar-refractivity contribution in [2.75, 3.05) is 26.2 Å². The van der Waals surface area contributed by atoms with E-state index < -0.39 is 22.8 Å². The van der Waals surface area contributed by atoms with Crippen molar-refractivity contribution < 1.29 is 14.4 Å². The van der Waals surface area contributed by atoms with Crippen molar-refractivity contribution >= 4 is 40.9 Å². The van der Waals surface area contributed by atoms with Crippen molar-refractivity contribution in [3.63, 3.8) is 0 Å². The Labute approximate surface area is 250 Å². The quantitative estimate of drug-likeness (QED) is 0.324. The lowest BCUT2D eigenvalue weighted by Gasteiger charge is -2.43. The van der Waals surface area contributed by atoms with E-state index in [4.69, 9.17) is 28.9 Å². The second-order valence-corrected chi connectivity index (χ2v) is 11.9. The van der Waals surface area contributed by atoms with Gasteiger partial charge in [0.2, 0.25) is 5.91 Å². The van der Waals surface area contributed by atoms with Gasteiger partial charge in [0.1, 0.15) is 0 Å². The van der Waals surface area contributed by atoms with E-state index in [9.17, 15) is 14.4 Å². The number of piperidine rings is 1. The molecule has 7 nitrogen and oxygen atoms in total. The number of amides is 3. The Balaban J connectivity index is 1.29. The van der Waals surface area contributed by atoms with Crippen LogP contribution in [-0.2, 0) is 31.8 Å². The molecule has 1 saturated carbocycles. The SMILES string of the molecule is NC(=O)C(=O)NC1(c2ccccc2)CCN(CC2CC2(C(=O)NCCc2ccccc2)c2ccc(Cl)c(Cl)c2)CC1. The first-order valence-electron chi connectivity index (χ1n) is 13.9. The molecule has 5 rings (SSSR count). The molecular formula is C32H34Cl2N4O3. The summed E-state index contributed by atoms with van der Waals surface area (Å²) in [5.74, 6) is -1.68. The molecule has 0 aromatic heterocycles. The maximum Gasteiger partial charge on any atom is 0.309 e. The Kier molecular flexibility index (Phi) is 8.68. The molecule has 1 aliphatic carbocycles. The normalized spacial score (nSPS) is 21.6. The second-order valence-electron chi connectivity index (χ2n) is 11.1. The summed E-state index contributed by atoms with van der Waals surface area (Å²) < 4.78 is 0. The van der Waals surface area contributed by atoms with Crippen molar-refractivity contribution in [3.8, 4) is 0 Å². The van der Waals surface area contributed by atoms with E-state index in [1.807, 2.05) is 60.7 Å². The first-order chi connectivity index (χ1) is 19.7. The number of nitrogens with two attached hydrogens (primary N) is 1. The standard InChI is InChI=1S/C32H34Cl2N4O3/c33-26-12-11-24(19-27(26)34)32(30(41)36-16-13-22-7-3-1-4-8-22)20-25(32)21-38-17-14-31(15-18-38,37-29(40)28(35)39)23-9-5-2-6-10-23/h1-12,19,25H,13-18,20-21H2,(H2,35,39)(H,36,41)(H,37,40). The maximum atomic E-state index is 13.7. The van der Waals surface area contributed by atoms with Gasteiger partial charge in [-0.3, -0.25) is 14.4 Å². The maximum absolute atomic E-state index is 13.7. The molecule has 2 aliphatic rings. The minimum atomic E-state index is -0.995. The van der Waals surface area contributed by atoms with Gasteiger partial charge < -0.3 is 21.3 Å². The van der Waals surface area contributed by atoms with Gasteiger partial charge in [-0.1, -0.05) is 89.9 Å². The molecule has 214 valence electrons. The van der Waals surface area contributed by atoms with E-state index in [-0.39, 0.29) is 11.8 Å². The molecule has 0 spiro atoms. The Morgan fingerprint density at radius 2 is 1.54 bits per heavy atom. The smallest absolute Gasteiger partial charge is 0.309 e. The molecule has 2 atom stereocenters. The summed E-state index contributed by atoms with van der Waals surface area (Å²) in [4.78, 5) is 40.0. The zero-order valence-electron chi connectivity index (χ0n) is 22.7. The van der Waals surface area contributed by atoms with E-state index in [0.717, 1.165) is 24.1 Å². The van der Waals surface area contributed by atoms with Gasteiger partial charge in [0.05, 0.1) is 21.0 Å². The van der Waals surface area contributed by atoms with Crippen LogP contribution >= 0.6 is 23.2 Å². The summed E-state index contributed by atoms with van der Waals surface area (Å²) in [6.45, 7) is 2.65. The van der Waals surface area contributed by atoms with Crippen LogP contribution < -0.4 is 16.4 Å². The van der Waals surface area contributed by atoms with Crippen LogP contribution in [0.1, 0.15) is 36.0 Å². The summed E-state index contributed by atoms with van der Waals surface area (Å²) in [7, 11) is 0. The lowest BCUT2D eigenvalue weighted by molar-refractivity contribution is -0.139. The van der Waals surface area contributed by atoms with Gasteiger partial charge in [-0.15, -0.1) is 0 Å². The summed E-state index contributed by atoms with van der Waals surface area (Å²) in [6, 6.07) is 25.2. The lowest BCUT2D eigenvalue weighted by Crippen LogP contribution is -2.55. The van der Waals surface area contributed by atoms with Crippen LogP contribution in [-0.4, -0.2) is 48.8 Å². The Hall–Kier alpha value is -3.39. The van der Waals surface area contributed by atoms with Gasteiger partial charge in [0.25, 0.3) is 0 Å². The van der Waals surface area contributed by atoms with Gasteiger partial charge >= 0.3 is 11.8 Å². The zero-order valence-corrected chi connectivity index (χ0v) is 24.3. The third-order valence-corrected chi connectivity index (χ3v) is 9.32. The van der Waals surface area contributed by atoms with Crippen LogP contribution in [0.2, 0.25) is 10.0 Å². The van der Waals surface area contributed by atoms with Gasteiger partial charge in [-0.05, 0) is 60.4 Å². The number of primary amides is 1. The van der Waals surface area contributed by atoms with E-state index in [2.05, 4.69) is 27.7 Å². The summed E-state index contributed by atoms with van der Waals surface area (Å²) >= 11 is 12.6. The first-order valence-corrected chi connectivity index (χ1v) is 14.7. The average molecular weight is 594 g/mol. The number of nitrogens with zero attached hydrogens (tertiary/aromatic N) is 1. The lowest BCUT2D eigenvalue weighted by atomic mass is 9.80. The number of halogens is 2. The van der Waals surface area contributed by atoms with Gasteiger partial charge in [-0.2, -0.15) is 0 Å². The van der Waals surface area contributed by atoms with E-state index in [1.54, 1.807) is 6.07 Å². The topological polar surface area (TPSA) is 105 Å². The zero-order chi connectivity index (χ0) is 29.0. The number of benzene rings is 3. The van der Waals surface area contributed by atoms with Crippen LogP contribution in [0, 0.1) is 5.92 Å². The first kappa shape index (κ1) is 29.1. The molecule has 3 aromatic rings. The minimum Gasteiger partial charge on any atom is -0.361 e. The van der Waals surface area contributed by atoms with E-state index in [1.165, 1.54) is 5.56 Å². The van der Waals surface area contributed by atoms with Gasteiger partial charge in [0.15, 0.2) is 0 Å². The van der Waals surface area contributed by atoms with Crippen molar-refractivity contribution in [1.29, 1.82) is 0 Å². The number of carbonyl (C=O) groups excluding carboxylic acids is 3. The molecule has 2 unspecified atom stereocenters. The number of rotatable bonds is 9. The molecule has 3 aromatic carbocycles. The predicted octanol–water partition coefficient (Wildman–Crippen LogP) is 4.20. The van der Waals surface area contributed by atoms with Gasteiger partial charge in [0, 0.05) is 26.2 Å². The van der Waals surface area contributed by atoms with E-state index >= 15 is 0 Å². The molecule has 2 fully saturated rings. The molecule has 1 aliphatic heterocycles. The number of hydrogen-bond donors (Lipinski definition) is 3. The molecular weight excluding hydrogens is 559 g/mol. The predicted molar refractivity (Wildman–Crippen MR) is 161 cm³/mol. The number of hydrogen-bond acceptors (Lipinski definition) is 4. The molecule has 9 heteroatoms. The fourth-order valence-electron chi connectivity index (χ4n) is 6.16. The van der Waals surface area contributed by atoms with Gasteiger partial charge in [-0.25, -0.2) is 0 Å². The highest BCUT2D eigenvalue weighted by atomic mass is 35.5. The van der Waals surface area contributed by atoms with Crippen LogP contribution in [0.4, 0.5) is 0 Å². The summed E-state index contributed by atoms with van der Waals surface area (Å²) in [6.07, 6.45) is 2.69. The number of likely N-dealkylation sites (tertiary alicyclic amines) is 1. The largest absolute Gasteiger partial charge is 0.361 e. The van der Waals surface area contributed by atoms with Crippen molar-refractivity contribution in [2.45, 2.75) is 36.6 Å². The highest BCUT2D eigenvalue weighted by Crippen LogP contribution is 2.56. The third kappa shape index (κ3) is 6.27. The number of carbonyl (C=O) groups is 3. The van der Waals surface area contributed by atoms with Crippen molar-refractivity contribution in [3.05, 3.63) is 106 Å². The minimum absolute atomic E-state index is 0.00110. The van der Waals surface area contributed by atoms with Crippen LogP contribution in [0.15, 0.2) is 78.9 Å². The van der Waals surface area contributed by atoms with Crippen LogP contribution in [0.3, 0.4) is 0 Å². The summed E-state index contributed by atoms with van der Waals surface area (Å²) in [5.41, 5.74) is 6.91. The van der Waals surface area contributed by atoms with E-state index in [0.29, 0.717) is 48.9 Å². The number of nitrogens with one attached hydrogen (secondary N) is 2. The average Bonchev–Trinajstić information content (AvgIpc) is 3.71. The second kappa shape index (κ2) is 12.2. The molecule has 1 saturated heterocycles. The highest BCUT2D eigenvalue weighted by Gasteiger charge is 2.61. The Bertz CT molecular complexity index is 1410. The van der Waals surface area contributed by atoms with Crippen LogP contribution in [0.5, 0.6) is 0 Å². The van der Waals surface area contributed by atoms with Crippen molar-refractivity contribution in [1.82, 2.24) is 15.5 Å². The molecule has 4 N–H and O–H groups in total. The highest BCUT2D eigenvalue weighted by molar-refractivity contribution is 6.42. The van der Waals surface area contributed by atoms with Crippen LogP contribution in [0.25, 0.3) is 0 Å². The molecule has 1 heterocycles.